The average molecular weight is 307 g/mol. The summed E-state index contributed by atoms with van der Waals surface area (Å²) in [6.07, 6.45) is 1.23. The number of ether oxygens (including phenoxy) is 1. The zero-order valence-corrected chi connectivity index (χ0v) is 12.7. The highest BCUT2D eigenvalue weighted by Gasteiger charge is 2.07. The van der Waals surface area contributed by atoms with Crippen LogP contribution < -0.4 is 10.1 Å². The molecular weight excluding hydrogens is 288 g/mol. The zero-order valence-electron chi connectivity index (χ0n) is 11.9. The number of hydrogen-bond acceptors (Lipinski definition) is 4. The van der Waals surface area contributed by atoms with Crippen molar-refractivity contribution in [2.45, 2.75) is 19.6 Å². The number of benzene rings is 1. The molecule has 112 valence electrons. The summed E-state index contributed by atoms with van der Waals surface area (Å²) in [4.78, 5) is 4.22. The van der Waals surface area contributed by atoms with Crippen LogP contribution in [0.5, 0.6) is 5.75 Å². The van der Waals surface area contributed by atoms with E-state index in [1.165, 1.54) is 0 Å². The van der Waals surface area contributed by atoms with Crippen LogP contribution in [0.3, 0.4) is 0 Å². The predicted octanol–water partition coefficient (Wildman–Crippen LogP) is 2.57. The van der Waals surface area contributed by atoms with Crippen LogP contribution in [0, 0.1) is 6.92 Å². The van der Waals surface area contributed by atoms with E-state index in [0.29, 0.717) is 23.9 Å². The molecule has 0 spiro atoms. The van der Waals surface area contributed by atoms with Gasteiger partial charge in [-0.05, 0) is 30.7 Å². The van der Waals surface area contributed by atoms with Crippen molar-refractivity contribution in [3.8, 4) is 5.75 Å². The number of nitrogens with one attached hydrogen (secondary N) is 1. The van der Waals surface area contributed by atoms with Crippen LogP contribution in [-0.2, 0) is 6.54 Å². The third-order valence-corrected chi connectivity index (χ3v) is 3.26. The summed E-state index contributed by atoms with van der Waals surface area (Å²) in [7, 11) is 0. The fourth-order valence-corrected chi connectivity index (χ4v) is 1.98. The second-order valence-electron chi connectivity index (χ2n) is 4.83. The topological polar surface area (TPSA) is 54.4 Å². The lowest BCUT2D eigenvalue weighted by atomic mass is 10.2. The van der Waals surface area contributed by atoms with Crippen LogP contribution in [0.2, 0.25) is 5.02 Å². The molecule has 1 heterocycles. The van der Waals surface area contributed by atoms with Gasteiger partial charge >= 0.3 is 0 Å². The quantitative estimate of drug-likeness (QED) is 0.825. The molecule has 0 aliphatic carbocycles. The Morgan fingerprint density at radius 3 is 2.81 bits per heavy atom. The number of nitrogens with zero attached hydrogens (tertiary/aromatic N) is 1. The number of aryl methyl sites for hydroxylation is 1. The second-order valence-corrected chi connectivity index (χ2v) is 5.24. The van der Waals surface area contributed by atoms with Gasteiger partial charge in [-0.1, -0.05) is 29.8 Å². The van der Waals surface area contributed by atoms with Gasteiger partial charge in [0.05, 0.1) is 5.02 Å². The minimum Gasteiger partial charge on any atom is -0.489 e. The lowest BCUT2D eigenvalue weighted by Crippen LogP contribution is -2.31. The van der Waals surface area contributed by atoms with Crippen LogP contribution >= 0.6 is 11.6 Å². The monoisotopic (exact) mass is 306 g/mol. The third-order valence-electron chi connectivity index (χ3n) is 2.95. The lowest BCUT2D eigenvalue weighted by molar-refractivity contribution is 0.106. The highest BCUT2D eigenvalue weighted by Crippen LogP contribution is 2.22. The highest BCUT2D eigenvalue weighted by atomic mass is 35.5. The summed E-state index contributed by atoms with van der Waals surface area (Å²) < 4.78 is 5.48. The standard InChI is InChI=1S/C16H19ClN2O2/c1-12-6-7-13(9-19-12)8-18-10-14(20)11-21-16-5-3-2-4-15(16)17/h2-7,9,14,18,20H,8,10-11H2,1H3. The summed E-state index contributed by atoms with van der Waals surface area (Å²) in [5, 5.41) is 13.6. The minimum atomic E-state index is -0.598. The van der Waals surface area contributed by atoms with Crippen LogP contribution in [0.15, 0.2) is 42.6 Å². The number of halogens is 1. The summed E-state index contributed by atoms with van der Waals surface area (Å²) in [5.41, 5.74) is 2.08. The first-order chi connectivity index (χ1) is 10.1. The molecule has 0 aliphatic heterocycles. The molecule has 2 rings (SSSR count). The largest absolute Gasteiger partial charge is 0.489 e. The third kappa shape index (κ3) is 5.34. The Kier molecular flexibility index (Phi) is 5.99. The first-order valence-corrected chi connectivity index (χ1v) is 7.20. The Balaban J connectivity index is 1.69. The highest BCUT2D eigenvalue weighted by molar-refractivity contribution is 6.32. The molecule has 0 saturated heterocycles. The molecule has 1 aromatic heterocycles. The van der Waals surface area contributed by atoms with E-state index in [1.807, 2.05) is 37.4 Å². The molecule has 2 aromatic rings. The summed E-state index contributed by atoms with van der Waals surface area (Å²) >= 11 is 5.98. The first kappa shape index (κ1) is 15.8. The Morgan fingerprint density at radius 1 is 1.29 bits per heavy atom. The van der Waals surface area contributed by atoms with E-state index in [4.69, 9.17) is 16.3 Å². The summed E-state index contributed by atoms with van der Waals surface area (Å²) in [5.74, 6) is 0.584. The molecule has 2 N–H and O–H groups in total. The van der Waals surface area contributed by atoms with E-state index in [0.717, 1.165) is 11.3 Å². The Morgan fingerprint density at radius 2 is 2.10 bits per heavy atom. The molecule has 1 unspecified atom stereocenters. The summed E-state index contributed by atoms with van der Waals surface area (Å²) in [6.45, 7) is 3.25. The van der Waals surface area contributed by atoms with Gasteiger partial charge < -0.3 is 15.2 Å². The molecule has 0 radical (unpaired) electrons. The van der Waals surface area contributed by atoms with Crippen LogP contribution in [0.1, 0.15) is 11.3 Å². The molecule has 21 heavy (non-hydrogen) atoms. The molecule has 0 bridgehead atoms. The maximum atomic E-state index is 9.88. The van der Waals surface area contributed by atoms with Crippen molar-refractivity contribution in [3.05, 3.63) is 58.9 Å². The van der Waals surface area contributed by atoms with Crippen molar-refractivity contribution < 1.29 is 9.84 Å². The number of pyridine rings is 1. The fourth-order valence-electron chi connectivity index (χ4n) is 1.79. The minimum absolute atomic E-state index is 0.197. The fraction of sp³-hybridized carbons (Fsp3) is 0.312. The zero-order chi connectivity index (χ0) is 15.1. The number of aliphatic hydroxyl groups is 1. The molecular formula is C16H19ClN2O2. The van der Waals surface area contributed by atoms with Crippen LogP contribution in [0.25, 0.3) is 0 Å². The van der Waals surface area contributed by atoms with E-state index in [9.17, 15) is 5.11 Å². The van der Waals surface area contributed by atoms with Gasteiger partial charge in [0.1, 0.15) is 18.5 Å². The maximum absolute atomic E-state index is 9.88. The molecule has 1 aromatic carbocycles. The predicted molar refractivity (Wildman–Crippen MR) is 83.6 cm³/mol. The molecule has 1 atom stereocenters. The molecule has 0 amide bonds. The van der Waals surface area contributed by atoms with Crippen molar-refractivity contribution >= 4 is 11.6 Å². The molecule has 5 heteroatoms. The van der Waals surface area contributed by atoms with Crippen molar-refractivity contribution in [2.24, 2.45) is 0 Å². The lowest BCUT2D eigenvalue weighted by Gasteiger charge is -2.14. The molecule has 4 nitrogen and oxygen atoms in total. The van der Waals surface area contributed by atoms with Crippen molar-refractivity contribution in [1.29, 1.82) is 0 Å². The van der Waals surface area contributed by atoms with Gasteiger partial charge in [0.2, 0.25) is 0 Å². The van der Waals surface area contributed by atoms with Crippen LogP contribution in [0.4, 0.5) is 0 Å². The second kappa shape index (κ2) is 7.98. The van der Waals surface area contributed by atoms with Gasteiger partial charge in [-0.2, -0.15) is 0 Å². The number of hydrogen-bond donors (Lipinski definition) is 2. The SMILES string of the molecule is Cc1ccc(CNCC(O)COc2ccccc2Cl)cn1. The number of aromatic nitrogens is 1. The van der Waals surface area contributed by atoms with E-state index in [2.05, 4.69) is 10.3 Å². The van der Waals surface area contributed by atoms with E-state index in [-0.39, 0.29) is 6.61 Å². The Bertz CT molecular complexity index is 560. The van der Waals surface area contributed by atoms with Crippen molar-refractivity contribution in [3.63, 3.8) is 0 Å². The van der Waals surface area contributed by atoms with Gasteiger partial charge in [-0.3, -0.25) is 4.98 Å². The van der Waals surface area contributed by atoms with Crippen molar-refractivity contribution in [2.75, 3.05) is 13.2 Å². The van der Waals surface area contributed by atoms with Gasteiger partial charge in [0, 0.05) is 25.0 Å². The Hall–Kier alpha value is -1.62. The van der Waals surface area contributed by atoms with Gasteiger partial charge in [-0.25, -0.2) is 0 Å². The van der Waals surface area contributed by atoms with Crippen molar-refractivity contribution in [1.82, 2.24) is 10.3 Å². The average Bonchev–Trinajstić information content (AvgIpc) is 2.48. The molecule has 0 aliphatic rings. The number of rotatable bonds is 7. The summed E-state index contributed by atoms with van der Waals surface area (Å²) in [6, 6.07) is 11.2. The Labute approximate surface area is 129 Å². The van der Waals surface area contributed by atoms with Gasteiger partial charge in [-0.15, -0.1) is 0 Å². The smallest absolute Gasteiger partial charge is 0.138 e. The number of aliphatic hydroxyl groups excluding tert-OH is 1. The maximum Gasteiger partial charge on any atom is 0.138 e. The van der Waals surface area contributed by atoms with E-state index in [1.54, 1.807) is 12.1 Å². The first-order valence-electron chi connectivity index (χ1n) is 6.83. The molecule has 0 saturated carbocycles. The number of para-hydroxylation sites is 1. The van der Waals surface area contributed by atoms with Gasteiger partial charge in [0.15, 0.2) is 0 Å². The molecule has 0 fully saturated rings. The van der Waals surface area contributed by atoms with E-state index >= 15 is 0 Å². The van der Waals surface area contributed by atoms with Crippen LogP contribution in [-0.4, -0.2) is 29.3 Å². The van der Waals surface area contributed by atoms with Gasteiger partial charge in [0.25, 0.3) is 0 Å². The van der Waals surface area contributed by atoms with E-state index < -0.39 is 6.10 Å². The normalized spacial score (nSPS) is 12.1.